The maximum atomic E-state index is 12.8. The second-order valence-electron chi connectivity index (χ2n) is 8.28. The summed E-state index contributed by atoms with van der Waals surface area (Å²) in [4.78, 5) is 14.0. The molecule has 0 unspecified atom stereocenters. The number of nitrogens with one attached hydrogen (secondary N) is 2. The molecule has 1 aliphatic heterocycles. The lowest BCUT2D eigenvalue weighted by Crippen LogP contribution is -3.15. The summed E-state index contributed by atoms with van der Waals surface area (Å²) in [6.45, 7) is 10.5. The fraction of sp³-hybridized carbons (Fsp3) is 0.435. The normalized spacial score (nSPS) is 16.9. The summed E-state index contributed by atoms with van der Waals surface area (Å²) in [6.07, 6.45) is 0. The molecule has 0 aromatic heterocycles. The van der Waals surface area contributed by atoms with E-state index in [0.29, 0.717) is 37.6 Å². The van der Waals surface area contributed by atoms with E-state index in [9.17, 15) is 13.2 Å². The van der Waals surface area contributed by atoms with Crippen LogP contribution in [0.15, 0.2) is 47.4 Å². The Balaban J connectivity index is 1.52. The molecule has 0 aliphatic carbocycles. The van der Waals surface area contributed by atoms with E-state index >= 15 is 0 Å². The van der Waals surface area contributed by atoms with Crippen LogP contribution in [0.4, 0.5) is 0 Å². The predicted molar refractivity (Wildman–Crippen MR) is 118 cm³/mol. The Hall–Kier alpha value is -2.22. The lowest BCUT2D eigenvalue weighted by molar-refractivity contribution is -0.895. The molecule has 1 atom stereocenters. The summed E-state index contributed by atoms with van der Waals surface area (Å²) >= 11 is 0. The zero-order valence-corrected chi connectivity index (χ0v) is 19.1. The molecule has 0 spiro atoms. The van der Waals surface area contributed by atoms with Gasteiger partial charge in [-0.1, -0.05) is 35.9 Å². The lowest BCUT2D eigenvalue weighted by Gasteiger charge is -2.31. The van der Waals surface area contributed by atoms with Gasteiger partial charge in [0.25, 0.3) is 5.91 Å². The minimum atomic E-state index is -3.47. The molecule has 7 heteroatoms. The summed E-state index contributed by atoms with van der Waals surface area (Å²) in [5, 5.41) is 3.07. The Labute approximate surface area is 179 Å². The number of hydrogen-bond donors (Lipinski definition) is 2. The van der Waals surface area contributed by atoms with Gasteiger partial charge in [0.2, 0.25) is 10.0 Å². The highest BCUT2D eigenvalue weighted by Gasteiger charge is 2.31. The number of carbonyl (C=O) groups is 1. The number of nitrogens with zero attached hydrogens (tertiary/aromatic N) is 1. The number of carbonyl (C=O) groups excluding carboxylic acids is 1. The molecule has 6 nitrogen and oxygen atoms in total. The van der Waals surface area contributed by atoms with Crippen LogP contribution in [0.25, 0.3) is 0 Å². The number of aryl methyl sites for hydroxylation is 3. The molecular weight excluding hydrogens is 398 g/mol. The van der Waals surface area contributed by atoms with Gasteiger partial charge in [-0.25, -0.2) is 8.42 Å². The van der Waals surface area contributed by atoms with Crippen LogP contribution < -0.4 is 10.2 Å². The number of hydrogen-bond acceptors (Lipinski definition) is 3. The van der Waals surface area contributed by atoms with E-state index in [-0.39, 0.29) is 11.9 Å². The van der Waals surface area contributed by atoms with Crippen molar-refractivity contribution in [3.63, 3.8) is 0 Å². The third-order valence-corrected chi connectivity index (χ3v) is 7.82. The SMILES string of the molecule is Cc1ccc(S(=O)(=O)N2CC[NH+](CC(=O)N[C@@H](C)c3ccc(C)c(C)c3)CC2)cc1. The van der Waals surface area contributed by atoms with Crippen LogP contribution in [0, 0.1) is 20.8 Å². The molecule has 162 valence electrons. The second kappa shape index (κ2) is 9.29. The van der Waals surface area contributed by atoms with Crippen molar-refractivity contribution in [2.75, 3.05) is 32.7 Å². The number of rotatable bonds is 6. The van der Waals surface area contributed by atoms with Gasteiger partial charge in [0, 0.05) is 0 Å². The van der Waals surface area contributed by atoms with Crippen LogP contribution in [0.3, 0.4) is 0 Å². The maximum Gasteiger partial charge on any atom is 0.275 e. The summed E-state index contributed by atoms with van der Waals surface area (Å²) in [7, 11) is -3.47. The highest BCUT2D eigenvalue weighted by atomic mass is 32.2. The van der Waals surface area contributed by atoms with Gasteiger partial charge in [-0.05, 0) is 56.5 Å². The smallest absolute Gasteiger partial charge is 0.275 e. The van der Waals surface area contributed by atoms with Gasteiger partial charge in [-0.3, -0.25) is 4.79 Å². The fourth-order valence-electron chi connectivity index (χ4n) is 3.72. The van der Waals surface area contributed by atoms with Gasteiger partial charge in [-0.2, -0.15) is 4.31 Å². The highest BCUT2D eigenvalue weighted by molar-refractivity contribution is 7.89. The molecule has 2 aromatic carbocycles. The first kappa shape index (κ1) is 22.5. The minimum Gasteiger partial charge on any atom is -0.345 e. The average molecular weight is 431 g/mol. The molecule has 0 radical (unpaired) electrons. The van der Waals surface area contributed by atoms with Gasteiger partial charge in [0.15, 0.2) is 6.54 Å². The van der Waals surface area contributed by atoms with Crippen LogP contribution in [0.2, 0.25) is 0 Å². The first-order chi connectivity index (χ1) is 14.2. The first-order valence-corrected chi connectivity index (χ1v) is 11.9. The van der Waals surface area contributed by atoms with Crippen molar-refractivity contribution >= 4 is 15.9 Å². The number of quaternary nitrogens is 1. The van der Waals surface area contributed by atoms with Crippen molar-refractivity contribution in [3.05, 3.63) is 64.7 Å². The van der Waals surface area contributed by atoms with Crippen molar-refractivity contribution < 1.29 is 18.1 Å². The molecule has 1 aliphatic rings. The van der Waals surface area contributed by atoms with Crippen molar-refractivity contribution in [1.82, 2.24) is 9.62 Å². The van der Waals surface area contributed by atoms with E-state index in [1.807, 2.05) is 26.0 Å². The van der Waals surface area contributed by atoms with Crippen molar-refractivity contribution in [1.29, 1.82) is 0 Å². The minimum absolute atomic E-state index is 0.00873. The monoisotopic (exact) mass is 430 g/mol. The summed E-state index contributed by atoms with van der Waals surface area (Å²) < 4.78 is 27.2. The second-order valence-corrected chi connectivity index (χ2v) is 10.2. The summed E-state index contributed by atoms with van der Waals surface area (Å²) in [5.74, 6) is -0.00873. The van der Waals surface area contributed by atoms with Gasteiger partial charge in [0.05, 0.1) is 37.1 Å². The van der Waals surface area contributed by atoms with Crippen LogP contribution in [-0.2, 0) is 14.8 Å². The first-order valence-electron chi connectivity index (χ1n) is 10.4. The van der Waals surface area contributed by atoms with Crippen molar-refractivity contribution in [3.8, 4) is 0 Å². The molecule has 1 heterocycles. The van der Waals surface area contributed by atoms with Crippen LogP contribution in [0.1, 0.15) is 35.2 Å². The average Bonchev–Trinajstić information content (AvgIpc) is 2.70. The predicted octanol–water partition coefficient (Wildman–Crippen LogP) is 1.38. The molecule has 1 amide bonds. The third kappa shape index (κ3) is 5.28. The van der Waals surface area contributed by atoms with Crippen LogP contribution in [-0.4, -0.2) is 51.4 Å². The number of benzene rings is 2. The molecule has 0 saturated carbocycles. The van der Waals surface area contributed by atoms with Crippen LogP contribution in [0.5, 0.6) is 0 Å². The molecule has 1 fully saturated rings. The van der Waals surface area contributed by atoms with E-state index < -0.39 is 10.0 Å². The standard InChI is InChI=1S/C23H31N3O3S/c1-17-5-9-22(10-6-17)30(28,29)26-13-11-25(12-14-26)16-23(27)24-20(4)21-8-7-18(2)19(3)15-21/h5-10,15,20H,11-14,16H2,1-4H3,(H,24,27)/p+1/t20-/m0/s1. The summed E-state index contributed by atoms with van der Waals surface area (Å²) in [5.41, 5.74) is 4.57. The number of amides is 1. The Morgan fingerprint density at radius 3 is 2.27 bits per heavy atom. The topological polar surface area (TPSA) is 70.9 Å². The van der Waals surface area contributed by atoms with E-state index in [2.05, 4.69) is 37.4 Å². The number of piperazine rings is 1. The zero-order chi connectivity index (χ0) is 21.9. The van der Waals surface area contributed by atoms with Gasteiger partial charge < -0.3 is 10.2 Å². The molecule has 2 N–H and O–H groups in total. The van der Waals surface area contributed by atoms with E-state index in [1.165, 1.54) is 15.4 Å². The molecule has 1 saturated heterocycles. The number of sulfonamides is 1. The molecule has 3 rings (SSSR count). The van der Waals surface area contributed by atoms with Gasteiger partial charge in [0.1, 0.15) is 0 Å². The Morgan fingerprint density at radius 1 is 1.03 bits per heavy atom. The van der Waals surface area contributed by atoms with Crippen molar-refractivity contribution in [2.24, 2.45) is 0 Å². The van der Waals surface area contributed by atoms with E-state index in [0.717, 1.165) is 16.0 Å². The quantitative estimate of drug-likeness (QED) is 0.727. The molecular formula is C23H32N3O3S+. The van der Waals surface area contributed by atoms with Gasteiger partial charge >= 0.3 is 0 Å². The maximum absolute atomic E-state index is 12.8. The Morgan fingerprint density at radius 2 is 1.67 bits per heavy atom. The molecule has 2 aromatic rings. The fourth-order valence-corrected chi connectivity index (χ4v) is 5.16. The summed E-state index contributed by atoms with van der Waals surface area (Å²) in [6, 6.07) is 13.1. The van der Waals surface area contributed by atoms with Gasteiger partial charge in [-0.15, -0.1) is 0 Å². The molecule has 0 bridgehead atoms. The van der Waals surface area contributed by atoms with E-state index in [4.69, 9.17) is 0 Å². The Kier molecular flexibility index (Phi) is 6.95. The Bertz CT molecular complexity index is 995. The highest BCUT2D eigenvalue weighted by Crippen LogP contribution is 2.17. The zero-order valence-electron chi connectivity index (χ0n) is 18.2. The van der Waals surface area contributed by atoms with Crippen molar-refractivity contribution in [2.45, 2.75) is 38.6 Å². The third-order valence-electron chi connectivity index (χ3n) is 5.91. The largest absolute Gasteiger partial charge is 0.345 e. The van der Waals surface area contributed by atoms with E-state index in [1.54, 1.807) is 12.1 Å². The molecule has 30 heavy (non-hydrogen) atoms. The lowest BCUT2D eigenvalue weighted by atomic mass is 10.0. The van der Waals surface area contributed by atoms with Crippen LogP contribution >= 0.6 is 0 Å².